The van der Waals surface area contributed by atoms with E-state index in [2.05, 4.69) is 26.1 Å². The largest absolute Gasteiger partial charge is 0.353 e. The molecule has 0 aliphatic heterocycles. The summed E-state index contributed by atoms with van der Waals surface area (Å²) in [7, 11) is 0. The van der Waals surface area contributed by atoms with Crippen LogP contribution in [0.5, 0.6) is 0 Å². The van der Waals surface area contributed by atoms with Crippen LogP contribution in [0.4, 0.5) is 0 Å². The molecule has 0 bridgehead atoms. The molecule has 0 aliphatic rings. The Labute approximate surface area is 100 Å². The number of nitrogens with two attached hydrogens (primary N) is 1. The quantitative estimate of drug-likeness (QED) is 0.702. The summed E-state index contributed by atoms with van der Waals surface area (Å²) in [5.41, 5.74) is 5.67. The van der Waals surface area contributed by atoms with E-state index in [4.69, 9.17) is 5.73 Å². The molecule has 0 aromatic heterocycles. The molecule has 0 saturated heterocycles. The fraction of sp³-hybridized carbons (Fsp3) is 0.923. The lowest BCUT2D eigenvalue weighted by Gasteiger charge is -2.20. The Bertz CT molecular complexity index is 202. The zero-order chi connectivity index (χ0) is 12.7. The summed E-state index contributed by atoms with van der Waals surface area (Å²) in [4.78, 5) is 11.8. The molecule has 1 amide bonds. The van der Waals surface area contributed by atoms with E-state index in [-0.39, 0.29) is 23.9 Å². The molecule has 0 saturated carbocycles. The van der Waals surface area contributed by atoms with Gasteiger partial charge in [-0.1, -0.05) is 27.2 Å². The van der Waals surface area contributed by atoms with Crippen molar-refractivity contribution in [2.45, 2.75) is 66.0 Å². The van der Waals surface area contributed by atoms with E-state index in [9.17, 15) is 4.79 Å². The molecule has 0 radical (unpaired) electrons. The van der Waals surface area contributed by atoms with E-state index in [1.54, 1.807) is 0 Å². The molecule has 0 spiro atoms. The number of hydrogen-bond donors (Lipinski definition) is 2. The molecule has 0 aromatic rings. The standard InChI is InChI=1S/C13H28N2O/c1-9(2)12(5)15-13(16)10(3)7-6-8-11(4)14/h9-12H,6-8,14H2,1-5H3,(H,15,16). The Balaban J connectivity index is 3.81. The molecule has 0 heterocycles. The van der Waals surface area contributed by atoms with Crippen molar-refractivity contribution in [3.8, 4) is 0 Å². The summed E-state index contributed by atoms with van der Waals surface area (Å²) in [5.74, 6) is 0.756. The van der Waals surface area contributed by atoms with Crippen LogP contribution in [-0.4, -0.2) is 18.0 Å². The molecule has 0 rings (SSSR count). The van der Waals surface area contributed by atoms with Gasteiger partial charge in [0.2, 0.25) is 5.91 Å². The highest BCUT2D eigenvalue weighted by Crippen LogP contribution is 2.10. The van der Waals surface area contributed by atoms with Gasteiger partial charge in [-0.05, 0) is 32.6 Å². The zero-order valence-corrected chi connectivity index (χ0v) is 11.4. The average Bonchev–Trinajstić information content (AvgIpc) is 2.16. The highest BCUT2D eigenvalue weighted by Gasteiger charge is 2.16. The lowest BCUT2D eigenvalue weighted by atomic mass is 10.00. The SMILES string of the molecule is CC(N)CCCC(C)C(=O)NC(C)C(C)C. The molecule has 3 unspecified atom stereocenters. The predicted octanol–water partition coefficient (Wildman–Crippen LogP) is 2.30. The summed E-state index contributed by atoms with van der Waals surface area (Å²) in [5, 5.41) is 3.05. The minimum Gasteiger partial charge on any atom is -0.353 e. The number of carbonyl (C=O) groups excluding carboxylic acids is 1. The third-order valence-corrected chi connectivity index (χ3v) is 3.11. The van der Waals surface area contributed by atoms with Crippen LogP contribution in [0.3, 0.4) is 0 Å². The zero-order valence-electron chi connectivity index (χ0n) is 11.4. The second-order valence-electron chi connectivity index (χ2n) is 5.35. The van der Waals surface area contributed by atoms with Gasteiger partial charge < -0.3 is 11.1 Å². The molecular weight excluding hydrogens is 200 g/mol. The first-order valence-corrected chi connectivity index (χ1v) is 6.40. The Morgan fingerprint density at radius 2 is 1.69 bits per heavy atom. The number of amides is 1. The lowest BCUT2D eigenvalue weighted by Crippen LogP contribution is -2.39. The minimum absolute atomic E-state index is 0.0972. The van der Waals surface area contributed by atoms with E-state index in [1.807, 2.05) is 13.8 Å². The first kappa shape index (κ1) is 15.4. The van der Waals surface area contributed by atoms with Crippen LogP contribution >= 0.6 is 0 Å². The van der Waals surface area contributed by atoms with Crippen LogP contribution in [0.2, 0.25) is 0 Å². The molecule has 0 fully saturated rings. The van der Waals surface area contributed by atoms with Gasteiger partial charge in [-0.2, -0.15) is 0 Å². The summed E-state index contributed by atoms with van der Waals surface area (Å²) in [6.07, 6.45) is 2.96. The van der Waals surface area contributed by atoms with Gasteiger partial charge in [-0.25, -0.2) is 0 Å². The van der Waals surface area contributed by atoms with Crippen molar-refractivity contribution >= 4 is 5.91 Å². The van der Waals surface area contributed by atoms with Crippen LogP contribution < -0.4 is 11.1 Å². The Morgan fingerprint density at radius 3 is 2.12 bits per heavy atom. The van der Waals surface area contributed by atoms with Crippen molar-refractivity contribution in [3.63, 3.8) is 0 Å². The molecule has 0 aromatic carbocycles. The molecule has 96 valence electrons. The second-order valence-corrected chi connectivity index (χ2v) is 5.35. The second kappa shape index (κ2) is 7.66. The maximum absolute atomic E-state index is 11.8. The van der Waals surface area contributed by atoms with Crippen molar-refractivity contribution in [3.05, 3.63) is 0 Å². The normalized spacial score (nSPS) is 16.9. The van der Waals surface area contributed by atoms with Crippen molar-refractivity contribution in [1.29, 1.82) is 0 Å². The molecule has 3 N–H and O–H groups in total. The van der Waals surface area contributed by atoms with Gasteiger partial charge in [0.1, 0.15) is 0 Å². The van der Waals surface area contributed by atoms with Crippen LogP contribution in [0.25, 0.3) is 0 Å². The monoisotopic (exact) mass is 228 g/mol. The maximum Gasteiger partial charge on any atom is 0.223 e. The molecule has 0 aliphatic carbocycles. The Kier molecular flexibility index (Phi) is 7.39. The van der Waals surface area contributed by atoms with Crippen LogP contribution in [0, 0.1) is 11.8 Å². The Morgan fingerprint density at radius 1 is 1.12 bits per heavy atom. The third-order valence-electron chi connectivity index (χ3n) is 3.11. The molecule has 16 heavy (non-hydrogen) atoms. The minimum atomic E-state index is 0.0972. The number of rotatable bonds is 7. The first-order valence-electron chi connectivity index (χ1n) is 6.40. The summed E-state index contributed by atoms with van der Waals surface area (Å²) >= 11 is 0. The summed E-state index contributed by atoms with van der Waals surface area (Å²) in [6, 6.07) is 0.494. The van der Waals surface area contributed by atoms with Crippen LogP contribution in [0.15, 0.2) is 0 Å². The topological polar surface area (TPSA) is 55.1 Å². The van der Waals surface area contributed by atoms with E-state index in [0.29, 0.717) is 5.92 Å². The van der Waals surface area contributed by atoms with Crippen molar-refractivity contribution in [2.24, 2.45) is 17.6 Å². The first-order chi connectivity index (χ1) is 7.34. The molecule has 3 atom stereocenters. The third kappa shape index (κ3) is 6.83. The van der Waals surface area contributed by atoms with E-state index >= 15 is 0 Å². The van der Waals surface area contributed by atoms with Crippen LogP contribution in [0.1, 0.15) is 53.9 Å². The van der Waals surface area contributed by atoms with Crippen molar-refractivity contribution in [1.82, 2.24) is 5.32 Å². The van der Waals surface area contributed by atoms with Crippen molar-refractivity contribution in [2.75, 3.05) is 0 Å². The number of nitrogens with one attached hydrogen (secondary N) is 1. The average molecular weight is 228 g/mol. The smallest absolute Gasteiger partial charge is 0.223 e. The van der Waals surface area contributed by atoms with E-state index in [1.165, 1.54) is 0 Å². The van der Waals surface area contributed by atoms with Gasteiger partial charge in [0.15, 0.2) is 0 Å². The lowest BCUT2D eigenvalue weighted by molar-refractivity contribution is -0.125. The van der Waals surface area contributed by atoms with Gasteiger partial charge in [0, 0.05) is 18.0 Å². The van der Waals surface area contributed by atoms with E-state index in [0.717, 1.165) is 19.3 Å². The highest BCUT2D eigenvalue weighted by molar-refractivity contribution is 5.78. The Hall–Kier alpha value is -0.570. The van der Waals surface area contributed by atoms with Gasteiger partial charge in [0.25, 0.3) is 0 Å². The van der Waals surface area contributed by atoms with E-state index < -0.39 is 0 Å². The number of carbonyl (C=O) groups is 1. The number of hydrogen-bond acceptors (Lipinski definition) is 2. The fourth-order valence-electron chi connectivity index (χ4n) is 1.41. The highest BCUT2D eigenvalue weighted by atomic mass is 16.1. The van der Waals surface area contributed by atoms with Gasteiger partial charge in [-0.3, -0.25) is 4.79 Å². The maximum atomic E-state index is 11.8. The summed E-state index contributed by atoms with van der Waals surface area (Å²) < 4.78 is 0. The molecule has 3 nitrogen and oxygen atoms in total. The fourth-order valence-corrected chi connectivity index (χ4v) is 1.41. The molecule has 3 heteroatoms. The predicted molar refractivity (Wildman–Crippen MR) is 69.1 cm³/mol. The summed E-state index contributed by atoms with van der Waals surface area (Å²) in [6.45, 7) is 10.3. The van der Waals surface area contributed by atoms with Gasteiger partial charge in [-0.15, -0.1) is 0 Å². The van der Waals surface area contributed by atoms with Crippen LogP contribution in [-0.2, 0) is 4.79 Å². The van der Waals surface area contributed by atoms with Crippen molar-refractivity contribution < 1.29 is 4.79 Å². The van der Waals surface area contributed by atoms with Gasteiger partial charge >= 0.3 is 0 Å². The van der Waals surface area contributed by atoms with Gasteiger partial charge in [0.05, 0.1) is 0 Å². The molecular formula is C13H28N2O.